The highest BCUT2D eigenvalue weighted by molar-refractivity contribution is 6.12. The van der Waals surface area contributed by atoms with Gasteiger partial charge in [0.2, 0.25) is 5.91 Å². The molecule has 0 saturated carbocycles. The SMILES string of the molecule is COC(=O)C(Cc1ccc(OCCNC(=O)CCCc2ccccc2)cc1)Nc1ccccc1C(=O)c1ccccc1. The van der Waals surface area contributed by atoms with Gasteiger partial charge in [-0.05, 0) is 48.2 Å². The van der Waals surface area contributed by atoms with Gasteiger partial charge in [-0.3, -0.25) is 9.59 Å². The summed E-state index contributed by atoms with van der Waals surface area (Å²) in [7, 11) is 1.34. The van der Waals surface area contributed by atoms with Crippen LogP contribution in [-0.2, 0) is 27.2 Å². The maximum atomic E-state index is 13.1. The molecule has 2 N–H and O–H groups in total. The first-order valence-electron chi connectivity index (χ1n) is 14.1. The lowest BCUT2D eigenvalue weighted by atomic mass is 10.00. The molecule has 0 aromatic heterocycles. The smallest absolute Gasteiger partial charge is 0.328 e. The van der Waals surface area contributed by atoms with Crippen LogP contribution in [0.25, 0.3) is 0 Å². The molecule has 0 spiro atoms. The lowest BCUT2D eigenvalue weighted by molar-refractivity contribution is -0.141. The first-order chi connectivity index (χ1) is 20.5. The molecule has 0 aliphatic heterocycles. The summed E-state index contributed by atoms with van der Waals surface area (Å²) in [6.07, 6.45) is 2.50. The van der Waals surface area contributed by atoms with Crippen molar-refractivity contribution in [1.82, 2.24) is 5.32 Å². The Morgan fingerprint density at radius 2 is 1.43 bits per heavy atom. The number of amides is 1. The molecule has 0 heterocycles. The number of ketones is 1. The molecule has 7 heteroatoms. The highest BCUT2D eigenvalue weighted by Gasteiger charge is 2.22. The second-order valence-electron chi connectivity index (χ2n) is 9.85. The summed E-state index contributed by atoms with van der Waals surface area (Å²) in [4.78, 5) is 37.9. The van der Waals surface area contributed by atoms with Crippen LogP contribution in [0.2, 0.25) is 0 Å². The molecule has 4 aromatic rings. The molecule has 7 nitrogen and oxygen atoms in total. The summed E-state index contributed by atoms with van der Waals surface area (Å²) in [5, 5.41) is 6.12. The van der Waals surface area contributed by atoms with E-state index in [-0.39, 0.29) is 11.7 Å². The van der Waals surface area contributed by atoms with Crippen LogP contribution in [0.1, 0.15) is 39.9 Å². The number of carbonyl (C=O) groups is 3. The molecule has 0 aliphatic rings. The minimum atomic E-state index is -0.705. The van der Waals surface area contributed by atoms with E-state index < -0.39 is 12.0 Å². The van der Waals surface area contributed by atoms with Gasteiger partial charge in [-0.25, -0.2) is 4.79 Å². The summed E-state index contributed by atoms with van der Waals surface area (Å²) in [6.45, 7) is 0.768. The van der Waals surface area contributed by atoms with E-state index in [9.17, 15) is 14.4 Å². The summed E-state index contributed by atoms with van der Waals surface area (Å²) < 4.78 is 10.8. The van der Waals surface area contributed by atoms with Gasteiger partial charge in [0.1, 0.15) is 18.4 Å². The molecule has 0 bridgehead atoms. The number of hydrogen-bond donors (Lipinski definition) is 2. The maximum Gasteiger partial charge on any atom is 0.328 e. The van der Waals surface area contributed by atoms with Crippen LogP contribution in [0.3, 0.4) is 0 Å². The quantitative estimate of drug-likeness (QED) is 0.110. The molecular formula is C35H36N2O5. The van der Waals surface area contributed by atoms with Gasteiger partial charge in [-0.1, -0.05) is 84.9 Å². The van der Waals surface area contributed by atoms with Gasteiger partial charge in [0.05, 0.1) is 13.7 Å². The number of carbonyl (C=O) groups excluding carboxylic acids is 3. The van der Waals surface area contributed by atoms with E-state index in [1.807, 2.05) is 66.7 Å². The molecule has 1 unspecified atom stereocenters. The highest BCUT2D eigenvalue weighted by Crippen LogP contribution is 2.22. The predicted molar refractivity (Wildman–Crippen MR) is 164 cm³/mol. The number of methoxy groups -OCH3 is 1. The normalized spacial score (nSPS) is 11.3. The summed E-state index contributed by atoms with van der Waals surface area (Å²) >= 11 is 0. The van der Waals surface area contributed by atoms with Crippen LogP contribution in [0.5, 0.6) is 5.75 Å². The third-order valence-electron chi connectivity index (χ3n) is 6.79. The molecule has 0 fully saturated rings. The Kier molecular flexibility index (Phi) is 11.3. The van der Waals surface area contributed by atoms with E-state index in [2.05, 4.69) is 22.8 Å². The van der Waals surface area contributed by atoms with E-state index in [1.54, 1.807) is 30.3 Å². The van der Waals surface area contributed by atoms with Crippen molar-refractivity contribution >= 4 is 23.3 Å². The number of ether oxygens (including phenoxy) is 2. The van der Waals surface area contributed by atoms with Crippen LogP contribution in [-0.4, -0.2) is 44.0 Å². The standard InChI is InChI=1S/C35H36N2O5/c1-41-35(40)32(37-31-17-9-8-16-30(31)34(39)28-14-6-3-7-15-28)25-27-19-21-29(22-20-27)42-24-23-36-33(38)18-10-13-26-11-4-2-5-12-26/h2-9,11-12,14-17,19-22,32,37H,10,13,18,23-25H2,1H3,(H,36,38). The van der Waals surface area contributed by atoms with Gasteiger partial charge in [0, 0.05) is 29.7 Å². The summed E-state index contributed by atoms with van der Waals surface area (Å²) in [5.74, 6) is 0.112. The predicted octanol–water partition coefficient (Wildman–Crippen LogP) is 5.63. The Bertz CT molecular complexity index is 1440. The van der Waals surface area contributed by atoms with Crippen molar-refractivity contribution in [3.05, 3.63) is 131 Å². The molecular weight excluding hydrogens is 528 g/mol. The van der Waals surface area contributed by atoms with Crippen LogP contribution in [0.15, 0.2) is 109 Å². The van der Waals surface area contributed by atoms with E-state index in [0.29, 0.717) is 48.6 Å². The van der Waals surface area contributed by atoms with Crippen LogP contribution >= 0.6 is 0 Å². The first-order valence-corrected chi connectivity index (χ1v) is 14.1. The minimum absolute atomic E-state index is 0.0123. The molecule has 0 radical (unpaired) electrons. The Morgan fingerprint density at radius 3 is 2.14 bits per heavy atom. The van der Waals surface area contributed by atoms with Crippen molar-refractivity contribution in [3.63, 3.8) is 0 Å². The fourth-order valence-electron chi connectivity index (χ4n) is 4.58. The first kappa shape index (κ1) is 30.1. The average Bonchev–Trinajstić information content (AvgIpc) is 3.04. The highest BCUT2D eigenvalue weighted by atomic mass is 16.5. The summed E-state index contributed by atoms with van der Waals surface area (Å²) in [5.41, 5.74) is 3.73. The largest absolute Gasteiger partial charge is 0.492 e. The number of aryl methyl sites for hydroxylation is 1. The Morgan fingerprint density at radius 1 is 0.762 bits per heavy atom. The van der Waals surface area contributed by atoms with E-state index in [4.69, 9.17) is 9.47 Å². The number of rotatable bonds is 15. The van der Waals surface area contributed by atoms with Crippen molar-refractivity contribution in [2.24, 2.45) is 0 Å². The van der Waals surface area contributed by atoms with E-state index in [0.717, 1.165) is 18.4 Å². The van der Waals surface area contributed by atoms with Gasteiger partial charge >= 0.3 is 5.97 Å². The second-order valence-corrected chi connectivity index (χ2v) is 9.85. The van der Waals surface area contributed by atoms with Crippen LogP contribution < -0.4 is 15.4 Å². The number of hydrogen-bond acceptors (Lipinski definition) is 6. The van der Waals surface area contributed by atoms with Gasteiger partial charge in [-0.15, -0.1) is 0 Å². The molecule has 4 aromatic carbocycles. The minimum Gasteiger partial charge on any atom is -0.492 e. The van der Waals surface area contributed by atoms with Gasteiger partial charge in [-0.2, -0.15) is 0 Å². The van der Waals surface area contributed by atoms with Crippen molar-refractivity contribution in [2.75, 3.05) is 25.6 Å². The van der Waals surface area contributed by atoms with Crippen molar-refractivity contribution in [2.45, 2.75) is 31.7 Å². The molecule has 42 heavy (non-hydrogen) atoms. The van der Waals surface area contributed by atoms with Crippen molar-refractivity contribution < 1.29 is 23.9 Å². The number of esters is 1. The third kappa shape index (κ3) is 9.06. The lowest BCUT2D eigenvalue weighted by Gasteiger charge is -2.20. The number of benzene rings is 4. The second kappa shape index (κ2) is 15.8. The topological polar surface area (TPSA) is 93.7 Å². The fraction of sp³-hybridized carbons (Fsp3) is 0.229. The van der Waals surface area contributed by atoms with Gasteiger partial charge < -0.3 is 20.1 Å². The molecule has 216 valence electrons. The molecule has 1 amide bonds. The summed E-state index contributed by atoms with van der Waals surface area (Å²) in [6, 6.07) is 33.0. The van der Waals surface area contributed by atoms with Gasteiger partial charge in [0.15, 0.2) is 5.78 Å². The maximum absolute atomic E-state index is 13.1. The zero-order valence-corrected chi connectivity index (χ0v) is 23.8. The number of para-hydroxylation sites is 1. The third-order valence-corrected chi connectivity index (χ3v) is 6.79. The molecule has 0 saturated heterocycles. The number of anilines is 1. The molecule has 0 aliphatic carbocycles. The lowest BCUT2D eigenvalue weighted by Crippen LogP contribution is -2.33. The van der Waals surface area contributed by atoms with Crippen molar-refractivity contribution in [3.8, 4) is 5.75 Å². The van der Waals surface area contributed by atoms with E-state index >= 15 is 0 Å². The zero-order valence-electron chi connectivity index (χ0n) is 23.8. The molecule has 4 rings (SSSR count). The average molecular weight is 565 g/mol. The molecule has 1 atom stereocenters. The monoisotopic (exact) mass is 564 g/mol. The number of nitrogens with one attached hydrogen (secondary N) is 2. The fourth-order valence-corrected chi connectivity index (χ4v) is 4.58. The van der Waals surface area contributed by atoms with Crippen LogP contribution in [0, 0.1) is 0 Å². The van der Waals surface area contributed by atoms with Crippen molar-refractivity contribution in [1.29, 1.82) is 0 Å². The Balaban J connectivity index is 1.27. The zero-order chi connectivity index (χ0) is 29.6. The van der Waals surface area contributed by atoms with E-state index in [1.165, 1.54) is 12.7 Å². The van der Waals surface area contributed by atoms with Gasteiger partial charge in [0.25, 0.3) is 0 Å². The Labute approximate surface area is 246 Å². The van der Waals surface area contributed by atoms with Crippen LogP contribution in [0.4, 0.5) is 5.69 Å². The Hall–Kier alpha value is -4.91.